The van der Waals surface area contributed by atoms with Crippen LogP contribution < -0.4 is 5.06 Å². The van der Waals surface area contributed by atoms with Crippen molar-refractivity contribution in [2.45, 2.75) is 38.8 Å². The third-order valence-electron chi connectivity index (χ3n) is 4.76. The van der Waals surface area contributed by atoms with E-state index in [0.717, 1.165) is 17.7 Å². The molecule has 2 aromatic carbocycles. The molecule has 2 atom stereocenters. The van der Waals surface area contributed by atoms with Crippen molar-refractivity contribution in [2.75, 3.05) is 5.06 Å². The molecule has 1 aliphatic rings. The molecule has 0 spiro atoms. The van der Waals surface area contributed by atoms with Crippen LogP contribution in [0.2, 0.25) is 0 Å². The third-order valence-corrected chi connectivity index (χ3v) is 4.76. The van der Waals surface area contributed by atoms with Gasteiger partial charge in [0, 0.05) is 24.3 Å². The number of nitro groups is 2. The van der Waals surface area contributed by atoms with E-state index in [1.165, 1.54) is 24.3 Å². The molecule has 1 saturated heterocycles. The maximum absolute atomic E-state index is 10.9. The predicted octanol–water partition coefficient (Wildman–Crippen LogP) is 4.28. The molecule has 0 radical (unpaired) electrons. The second-order valence-corrected chi connectivity index (χ2v) is 7.00. The summed E-state index contributed by atoms with van der Waals surface area (Å²) >= 11 is 0. The van der Waals surface area contributed by atoms with Crippen molar-refractivity contribution in [3.8, 4) is 0 Å². The van der Waals surface area contributed by atoms with Crippen LogP contribution in [0.3, 0.4) is 0 Å². The smallest absolute Gasteiger partial charge is 0.269 e. The minimum Gasteiger partial charge on any atom is -0.270 e. The molecule has 0 saturated carbocycles. The molecular weight excluding hydrogens is 350 g/mol. The zero-order valence-electron chi connectivity index (χ0n) is 15.1. The van der Waals surface area contributed by atoms with E-state index in [1.54, 1.807) is 24.3 Å². The fourth-order valence-electron chi connectivity index (χ4n) is 3.22. The minimum atomic E-state index is -0.431. The van der Waals surface area contributed by atoms with Gasteiger partial charge in [0.25, 0.3) is 11.4 Å². The molecule has 3 rings (SSSR count). The molecule has 8 nitrogen and oxygen atoms in total. The summed E-state index contributed by atoms with van der Waals surface area (Å²) in [5.41, 5.74) is 1.83. The van der Waals surface area contributed by atoms with Gasteiger partial charge in [-0.2, -0.15) is 0 Å². The number of hydroxylamine groups is 1. The maximum atomic E-state index is 10.9. The van der Waals surface area contributed by atoms with E-state index < -0.39 is 9.85 Å². The first-order valence-electron chi connectivity index (χ1n) is 8.79. The van der Waals surface area contributed by atoms with E-state index in [-0.39, 0.29) is 23.5 Å². The lowest BCUT2D eigenvalue weighted by atomic mass is 9.96. The quantitative estimate of drug-likeness (QED) is 0.555. The third kappa shape index (κ3) is 4.22. The Balaban J connectivity index is 1.81. The lowest BCUT2D eigenvalue weighted by Gasteiger charge is -2.25. The first-order valence-corrected chi connectivity index (χ1v) is 8.79. The van der Waals surface area contributed by atoms with Crippen LogP contribution in [0.4, 0.5) is 17.1 Å². The second kappa shape index (κ2) is 7.71. The molecule has 0 amide bonds. The normalized spacial score (nSPS) is 19.4. The molecule has 0 aliphatic carbocycles. The first kappa shape index (κ1) is 18.8. The highest BCUT2D eigenvalue weighted by Crippen LogP contribution is 2.34. The van der Waals surface area contributed by atoms with E-state index in [0.29, 0.717) is 12.3 Å². The Morgan fingerprint density at radius 2 is 1.52 bits per heavy atom. The largest absolute Gasteiger partial charge is 0.270 e. The monoisotopic (exact) mass is 371 g/mol. The van der Waals surface area contributed by atoms with Crippen LogP contribution in [-0.4, -0.2) is 22.0 Å². The molecule has 2 aromatic rings. The number of non-ortho nitro benzene ring substituents is 2. The number of anilines is 1. The predicted molar refractivity (Wildman–Crippen MR) is 100 cm³/mol. The van der Waals surface area contributed by atoms with Gasteiger partial charge < -0.3 is 0 Å². The first-order chi connectivity index (χ1) is 12.8. The van der Waals surface area contributed by atoms with Crippen LogP contribution in [0.5, 0.6) is 0 Å². The van der Waals surface area contributed by atoms with Gasteiger partial charge >= 0.3 is 0 Å². The van der Waals surface area contributed by atoms with Crippen LogP contribution in [0.25, 0.3) is 0 Å². The number of nitro benzene ring substituents is 2. The Kier molecular flexibility index (Phi) is 5.36. The van der Waals surface area contributed by atoms with Gasteiger partial charge in [0.2, 0.25) is 0 Å². The summed E-state index contributed by atoms with van der Waals surface area (Å²) in [6, 6.07) is 12.9. The van der Waals surface area contributed by atoms with Gasteiger partial charge in [-0.05, 0) is 36.5 Å². The Bertz CT molecular complexity index is 820. The summed E-state index contributed by atoms with van der Waals surface area (Å²) < 4.78 is 0. The van der Waals surface area contributed by atoms with Crippen molar-refractivity contribution in [2.24, 2.45) is 5.92 Å². The molecule has 0 N–H and O–H groups in total. The molecule has 0 aromatic heterocycles. The van der Waals surface area contributed by atoms with Gasteiger partial charge in [-0.1, -0.05) is 26.0 Å². The number of nitrogens with zero attached hydrogens (tertiary/aromatic N) is 3. The van der Waals surface area contributed by atoms with Crippen LogP contribution in [-0.2, 0) is 11.3 Å². The van der Waals surface area contributed by atoms with Gasteiger partial charge in [-0.3, -0.25) is 30.1 Å². The fourth-order valence-corrected chi connectivity index (χ4v) is 3.22. The summed E-state index contributed by atoms with van der Waals surface area (Å²) in [7, 11) is 0. The average molecular weight is 371 g/mol. The molecule has 1 aliphatic heterocycles. The summed E-state index contributed by atoms with van der Waals surface area (Å²) in [5.74, 6) is 0.326. The maximum Gasteiger partial charge on any atom is 0.269 e. The van der Waals surface area contributed by atoms with Crippen molar-refractivity contribution >= 4 is 17.1 Å². The van der Waals surface area contributed by atoms with Gasteiger partial charge in [0.1, 0.15) is 0 Å². The number of hydrogen-bond donors (Lipinski definition) is 0. The molecule has 1 fully saturated rings. The summed E-state index contributed by atoms with van der Waals surface area (Å²) in [5, 5.41) is 23.5. The highest BCUT2D eigenvalue weighted by molar-refractivity contribution is 5.50. The van der Waals surface area contributed by atoms with Crippen molar-refractivity contribution in [1.82, 2.24) is 0 Å². The summed E-state index contributed by atoms with van der Waals surface area (Å²) in [6.45, 7) is 4.18. The molecule has 0 unspecified atom stereocenters. The highest BCUT2D eigenvalue weighted by Gasteiger charge is 2.35. The van der Waals surface area contributed by atoms with Crippen LogP contribution >= 0.6 is 0 Å². The Morgan fingerprint density at radius 1 is 1.00 bits per heavy atom. The van der Waals surface area contributed by atoms with E-state index in [1.807, 2.05) is 5.06 Å². The van der Waals surface area contributed by atoms with Crippen molar-refractivity contribution in [3.05, 3.63) is 74.3 Å². The number of rotatable bonds is 6. The van der Waals surface area contributed by atoms with Crippen LogP contribution in [0, 0.1) is 26.1 Å². The zero-order chi connectivity index (χ0) is 19.6. The SMILES string of the molecule is CC(C)[C@@H]1C[C@H](Cc2ccc([N+](=O)[O-])cc2)N(c2ccc([N+](=O)[O-])cc2)O1. The fraction of sp³-hybridized carbons (Fsp3) is 0.368. The molecule has 27 heavy (non-hydrogen) atoms. The summed E-state index contributed by atoms with van der Waals surface area (Å²) in [6.07, 6.45) is 1.52. The number of hydrogen-bond acceptors (Lipinski definition) is 6. The van der Waals surface area contributed by atoms with E-state index in [9.17, 15) is 20.2 Å². The van der Waals surface area contributed by atoms with Crippen LogP contribution in [0.1, 0.15) is 25.8 Å². The van der Waals surface area contributed by atoms with Gasteiger partial charge in [0.15, 0.2) is 0 Å². The standard InChI is InChI=1S/C19H21N3O5/c1-13(2)19-12-18(11-14-3-5-16(6-4-14)21(23)24)20(27-19)15-7-9-17(10-8-15)22(25)26/h3-10,13,18-19H,11-12H2,1-2H3/t18-,19-/m0/s1. The lowest BCUT2D eigenvalue weighted by molar-refractivity contribution is -0.385. The van der Waals surface area contributed by atoms with Crippen molar-refractivity contribution in [1.29, 1.82) is 0 Å². The zero-order valence-corrected chi connectivity index (χ0v) is 15.1. The van der Waals surface area contributed by atoms with Gasteiger partial charge in [0.05, 0.1) is 27.7 Å². The average Bonchev–Trinajstić information content (AvgIpc) is 3.06. The lowest BCUT2D eigenvalue weighted by Crippen LogP contribution is -2.30. The molecule has 8 heteroatoms. The van der Waals surface area contributed by atoms with E-state index in [2.05, 4.69) is 13.8 Å². The topological polar surface area (TPSA) is 98.8 Å². The second-order valence-electron chi connectivity index (χ2n) is 7.00. The molecule has 1 heterocycles. The molecule has 0 bridgehead atoms. The Hall–Kier alpha value is -3.00. The Morgan fingerprint density at radius 3 is 2.00 bits per heavy atom. The van der Waals surface area contributed by atoms with E-state index >= 15 is 0 Å². The van der Waals surface area contributed by atoms with Crippen molar-refractivity contribution in [3.63, 3.8) is 0 Å². The van der Waals surface area contributed by atoms with E-state index in [4.69, 9.17) is 4.84 Å². The summed E-state index contributed by atoms with van der Waals surface area (Å²) in [4.78, 5) is 26.9. The Labute approximate surface area is 156 Å². The number of benzene rings is 2. The molecular formula is C19H21N3O5. The minimum absolute atomic E-state index is 0.0327. The van der Waals surface area contributed by atoms with Gasteiger partial charge in [-0.25, -0.2) is 0 Å². The van der Waals surface area contributed by atoms with Gasteiger partial charge in [-0.15, -0.1) is 0 Å². The van der Waals surface area contributed by atoms with Crippen LogP contribution in [0.15, 0.2) is 48.5 Å². The van der Waals surface area contributed by atoms with Crippen molar-refractivity contribution < 1.29 is 14.7 Å². The molecule has 142 valence electrons. The highest BCUT2D eigenvalue weighted by atomic mass is 16.7.